The van der Waals surface area contributed by atoms with Crippen LogP contribution in [0.1, 0.15) is 36.0 Å². The number of amides is 1. The molecule has 3 aromatic rings. The van der Waals surface area contributed by atoms with E-state index in [-0.39, 0.29) is 11.6 Å². The van der Waals surface area contributed by atoms with E-state index >= 15 is 0 Å². The van der Waals surface area contributed by atoms with Crippen LogP contribution in [0, 0.1) is 11.7 Å². The lowest BCUT2D eigenvalue weighted by molar-refractivity contribution is 0.0499. The van der Waals surface area contributed by atoms with Gasteiger partial charge in [0.1, 0.15) is 5.82 Å². The third-order valence-corrected chi connectivity index (χ3v) is 6.51. The number of hydrogen-bond donors (Lipinski definition) is 2. The molecule has 10 heteroatoms. The maximum absolute atomic E-state index is 14.8. The number of imidazole rings is 1. The molecule has 1 saturated carbocycles. The number of fused-ring (bicyclic) bond motifs is 1. The van der Waals surface area contributed by atoms with Crippen molar-refractivity contribution >= 4 is 51.8 Å². The molecule has 2 N–H and O–H groups in total. The van der Waals surface area contributed by atoms with E-state index in [2.05, 4.69) is 15.6 Å². The molecule has 1 aromatic heterocycles. The summed E-state index contributed by atoms with van der Waals surface area (Å²) >= 11 is 12.4. The first-order valence-corrected chi connectivity index (χ1v) is 11.0. The lowest BCUT2D eigenvalue weighted by Gasteiger charge is -2.28. The molecule has 2 aromatic carbocycles. The molecule has 0 unspecified atom stereocenters. The van der Waals surface area contributed by atoms with Crippen molar-refractivity contribution in [1.29, 1.82) is 0 Å². The first-order chi connectivity index (χ1) is 15.2. The molecule has 1 aliphatic rings. The zero-order valence-electron chi connectivity index (χ0n) is 17.1. The zero-order chi connectivity index (χ0) is 23.0. The SMILES string of the molecule is Cn1c(Nc2c(Cl)cccc2Cl)nc2cc(C(=O)NC3CCC(C(F)F)CC3)c(F)cc21. The van der Waals surface area contributed by atoms with Crippen LogP contribution in [0.2, 0.25) is 10.0 Å². The van der Waals surface area contributed by atoms with Crippen LogP contribution in [-0.2, 0) is 7.05 Å². The number of aromatic nitrogens is 2. The average molecular weight is 485 g/mol. The van der Waals surface area contributed by atoms with Gasteiger partial charge in [-0.15, -0.1) is 0 Å². The van der Waals surface area contributed by atoms with Crippen LogP contribution in [0.25, 0.3) is 11.0 Å². The second-order valence-corrected chi connectivity index (χ2v) is 8.77. The molecule has 1 fully saturated rings. The van der Waals surface area contributed by atoms with Crippen LogP contribution in [0.15, 0.2) is 30.3 Å². The Bertz CT molecular complexity index is 1140. The van der Waals surface area contributed by atoms with Gasteiger partial charge in [0.15, 0.2) is 0 Å². The molecule has 0 aliphatic heterocycles. The van der Waals surface area contributed by atoms with E-state index in [4.69, 9.17) is 23.2 Å². The Morgan fingerprint density at radius 2 is 1.81 bits per heavy atom. The number of anilines is 2. The van der Waals surface area contributed by atoms with Crippen molar-refractivity contribution in [3.8, 4) is 0 Å². The number of benzene rings is 2. The van der Waals surface area contributed by atoms with Gasteiger partial charge in [0.25, 0.3) is 5.91 Å². The summed E-state index contributed by atoms with van der Waals surface area (Å²) in [4.78, 5) is 17.1. The predicted octanol–water partition coefficient (Wildman–Crippen LogP) is 6.32. The molecule has 1 amide bonds. The second-order valence-electron chi connectivity index (χ2n) is 7.96. The Morgan fingerprint density at radius 3 is 2.44 bits per heavy atom. The van der Waals surface area contributed by atoms with Gasteiger partial charge in [-0.2, -0.15) is 0 Å². The highest BCUT2D eigenvalue weighted by molar-refractivity contribution is 6.39. The van der Waals surface area contributed by atoms with E-state index in [0.29, 0.717) is 58.4 Å². The number of carbonyl (C=O) groups is 1. The number of nitrogens with one attached hydrogen (secondary N) is 2. The molecule has 170 valence electrons. The molecular weight excluding hydrogens is 464 g/mol. The van der Waals surface area contributed by atoms with Crippen molar-refractivity contribution in [3.63, 3.8) is 0 Å². The van der Waals surface area contributed by atoms with Crippen LogP contribution in [0.4, 0.5) is 24.8 Å². The van der Waals surface area contributed by atoms with Gasteiger partial charge in [-0.3, -0.25) is 4.79 Å². The standard InChI is InChI=1S/C22H21Cl2F3N4O/c1-31-18-10-16(25)13(21(32)28-12-7-5-11(6-8-12)20(26)27)9-17(18)29-22(31)30-19-14(23)3-2-4-15(19)24/h2-4,9-12,20H,5-8H2,1H3,(H,28,32)(H,29,30). The minimum absolute atomic E-state index is 0.145. The van der Waals surface area contributed by atoms with Crippen molar-refractivity contribution in [2.45, 2.75) is 38.2 Å². The van der Waals surface area contributed by atoms with Gasteiger partial charge in [-0.05, 0) is 43.9 Å². The minimum atomic E-state index is -2.35. The molecular formula is C22H21Cl2F3N4O. The van der Waals surface area contributed by atoms with Crippen LogP contribution in [0.3, 0.4) is 0 Å². The fraction of sp³-hybridized carbons (Fsp3) is 0.364. The van der Waals surface area contributed by atoms with E-state index < -0.39 is 24.1 Å². The molecule has 0 atom stereocenters. The van der Waals surface area contributed by atoms with Gasteiger partial charge < -0.3 is 15.2 Å². The summed E-state index contributed by atoms with van der Waals surface area (Å²) in [5.41, 5.74) is 1.20. The number of para-hydroxylation sites is 1. The highest BCUT2D eigenvalue weighted by Gasteiger charge is 2.29. The van der Waals surface area contributed by atoms with E-state index in [1.807, 2.05) is 0 Å². The number of hydrogen-bond acceptors (Lipinski definition) is 3. The van der Waals surface area contributed by atoms with Gasteiger partial charge >= 0.3 is 0 Å². The van der Waals surface area contributed by atoms with E-state index in [9.17, 15) is 18.0 Å². The van der Waals surface area contributed by atoms with Gasteiger partial charge in [0.05, 0.1) is 32.3 Å². The first kappa shape index (κ1) is 22.7. The van der Waals surface area contributed by atoms with E-state index in [1.54, 1.807) is 29.8 Å². The van der Waals surface area contributed by atoms with Crippen molar-refractivity contribution < 1.29 is 18.0 Å². The highest BCUT2D eigenvalue weighted by Crippen LogP contribution is 2.34. The Hall–Kier alpha value is -2.45. The molecule has 0 spiro atoms. The molecule has 5 nitrogen and oxygen atoms in total. The lowest BCUT2D eigenvalue weighted by atomic mass is 9.86. The van der Waals surface area contributed by atoms with Crippen LogP contribution < -0.4 is 10.6 Å². The molecule has 0 radical (unpaired) electrons. The number of aryl methyl sites for hydroxylation is 1. The third kappa shape index (κ3) is 4.52. The smallest absolute Gasteiger partial charge is 0.254 e. The summed E-state index contributed by atoms with van der Waals surface area (Å²) in [6.07, 6.45) is -0.783. The third-order valence-electron chi connectivity index (χ3n) is 5.88. The normalized spacial score (nSPS) is 18.8. The molecule has 0 bridgehead atoms. The highest BCUT2D eigenvalue weighted by atomic mass is 35.5. The molecule has 1 heterocycles. The van der Waals surface area contributed by atoms with Crippen LogP contribution >= 0.6 is 23.2 Å². The number of carbonyl (C=O) groups excluding carboxylic acids is 1. The Kier molecular flexibility index (Phi) is 6.53. The summed E-state index contributed by atoms with van der Waals surface area (Å²) < 4.78 is 42.1. The monoisotopic (exact) mass is 484 g/mol. The maximum Gasteiger partial charge on any atom is 0.254 e. The Labute approximate surface area is 192 Å². The van der Waals surface area contributed by atoms with Crippen molar-refractivity contribution in [2.24, 2.45) is 13.0 Å². The van der Waals surface area contributed by atoms with Crippen molar-refractivity contribution in [1.82, 2.24) is 14.9 Å². The summed E-state index contributed by atoms with van der Waals surface area (Å²) in [5.74, 6) is -1.54. The molecule has 4 rings (SSSR count). The van der Waals surface area contributed by atoms with Gasteiger partial charge in [-0.25, -0.2) is 18.2 Å². The predicted molar refractivity (Wildman–Crippen MR) is 120 cm³/mol. The number of rotatable bonds is 5. The largest absolute Gasteiger partial charge is 0.349 e. The summed E-state index contributed by atoms with van der Waals surface area (Å²) in [6, 6.07) is 7.43. The fourth-order valence-electron chi connectivity index (χ4n) is 4.01. The summed E-state index contributed by atoms with van der Waals surface area (Å²) in [6.45, 7) is 0. The van der Waals surface area contributed by atoms with E-state index in [1.165, 1.54) is 12.1 Å². The van der Waals surface area contributed by atoms with Gasteiger partial charge in [0.2, 0.25) is 12.4 Å². The zero-order valence-corrected chi connectivity index (χ0v) is 18.7. The van der Waals surface area contributed by atoms with Gasteiger partial charge in [0, 0.05) is 25.1 Å². The molecule has 32 heavy (non-hydrogen) atoms. The van der Waals surface area contributed by atoms with Crippen molar-refractivity contribution in [2.75, 3.05) is 5.32 Å². The van der Waals surface area contributed by atoms with E-state index in [0.717, 1.165) is 0 Å². The average Bonchev–Trinajstić information content (AvgIpc) is 3.05. The maximum atomic E-state index is 14.8. The Balaban J connectivity index is 1.55. The molecule has 1 aliphatic carbocycles. The Morgan fingerprint density at radius 1 is 1.16 bits per heavy atom. The lowest BCUT2D eigenvalue weighted by Crippen LogP contribution is -2.38. The minimum Gasteiger partial charge on any atom is -0.349 e. The first-order valence-electron chi connectivity index (χ1n) is 10.2. The second kappa shape index (κ2) is 9.19. The fourth-order valence-corrected chi connectivity index (χ4v) is 4.50. The van der Waals surface area contributed by atoms with Gasteiger partial charge in [-0.1, -0.05) is 29.3 Å². The summed E-state index contributed by atoms with van der Waals surface area (Å²) in [5, 5.41) is 6.62. The van der Waals surface area contributed by atoms with Crippen LogP contribution in [0.5, 0.6) is 0 Å². The summed E-state index contributed by atoms with van der Waals surface area (Å²) in [7, 11) is 1.70. The number of halogens is 5. The van der Waals surface area contributed by atoms with Crippen LogP contribution in [-0.4, -0.2) is 27.9 Å². The topological polar surface area (TPSA) is 59.0 Å². The number of nitrogens with zero attached hydrogens (tertiary/aromatic N) is 2. The number of alkyl halides is 2. The quantitative estimate of drug-likeness (QED) is 0.445. The molecule has 0 saturated heterocycles. The van der Waals surface area contributed by atoms with Crippen molar-refractivity contribution in [3.05, 3.63) is 51.8 Å².